The topological polar surface area (TPSA) is 66.0 Å². The largest absolute Gasteiger partial charge is 0.498 e. The second-order valence-electron chi connectivity index (χ2n) is 9.04. The van der Waals surface area contributed by atoms with Gasteiger partial charge in [0.05, 0.1) is 18.3 Å². The molecule has 1 aromatic rings. The fraction of sp³-hybridized carbons (Fsp3) is 0.571. The molecule has 1 amide bonds. The van der Waals surface area contributed by atoms with Gasteiger partial charge < -0.3 is 18.8 Å². The molecule has 1 aliphatic rings. The third kappa shape index (κ3) is 5.52. The van der Waals surface area contributed by atoms with Gasteiger partial charge >= 0.3 is 13.2 Å². The van der Waals surface area contributed by atoms with E-state index in [9.17, 15) is 4.79 Å². The lowest BCUT2D eigenvalue weighted by Gasteiger charge is -2.32. The van der Waals surface area contributed by atoms with E-state index in [4.69, 9.17) is 18.8 Å². The van der Waals surface area contributed by atoms with E-state index in [1.54, 1.807) is 25.3 Å². The fourth-order valence-electron chi connectivity index (χ4n) is 2.65. The summed E-state index contributed by atoms with van der Waals surface area (Å²) in [5.41, 5.74) is 0.407. The van der Waals surface area contributed by atoms with Crippen molar-refractivity contribution >= 4 is 24.4 Å². The summed E-state index contributed by atoms with van der Waals surface area (Å²) in [6, 6.07) is 5.31. The van der Waals surface area contributed by atoms with Crippen molar-refractivity contribution in [3.63, 3.8) is 0 Å². The van der Waals surface area contributed by atoms with E-state index in [-0.39, 0.29) is 12.0 Å². The van der Waals surface area contributed by atoms with Crippen molar-refractivity contribution in [1.29, 1.82) is 0 Å². The minimum absolute atomic E-state index is 0.0492. The summed E-state index contributed by atoms with van der Waals surface area (Å²) in [7, 11) is 1.000. The number of allylic oxidation sites excluding steroid dienone is 1. The highest BCUT2D eigenvalue weighted by Gasteiger charge is 2.52. The normalized spacial score (nSPS) is 18.4. The molecule has 1 fully saturated rings. The minimum Gasteiger partial charge on any atom is -0.497 e. The Morgan fingerprint density at radius 1 is 1.18 bits per heavy atom. The summed E-state index contributed by atoms with van der Waals surface area (Å²) in [4.78, 5) is 12.1. The van der Waals surface area contributed by atoms with Crippen molar-refractivity contribution in [2.24, 2.45) is 5.41 Å². The molecule has 1 N–H and O–H groups in total. The molecule has 6 nitrogen and oxygen atoms in total. The maximum absolute atomic E-state index is 12.1. The lowest BCUT2D eigenvalue weighted by Crippen LogP contribution is -2.41. The van der Waals surface area contributed by atoms with Crippen LogP contribution >= 0.6 is 0 Å². The first kappa shape index (κ1) is 22.3. The third-order valence-corrected chi connectivity index (χ3v) is 4.91. The second kappa shape index (κ2) is 8.17. The highest BCUT2D eigenvalue weighted by atomic mass is 16.7. The summed E-state index contributed by atoms with van der Waals surface area (Å²) in [6.07, 6.45) is 3.32. The van der Waals surface area contributed by atoms with Gasteiger partial charge in [0.15, 0.2) is 0 Å². The van der Waals surface area contributed by atoms with E-state index < -0.39 is 24.4 Å². The quantitative estimate of drug-likeness (QED) is 0.606. The lowest BCUT2D eigenvalue weighted by molar-refractivity contribution is 0.00578. The standard InChI is InChI=1S/C21H32BNO5/c1-19(2,3)12-9-13-26-18(24)23-15-10-11-17(25-8)16(14-15)22-27-20(4,5)21(6,7)28-22/h9-12,14H,13H2,1-8H3,(H,23,24). The van der Waals surface area contributed by atoms with Crippen molar-refractivity contribution in [2.75, 3.05) is 19.0 Å². The van der Waals surface area contributed by atoms with E-state index in [0.29, 0.717) is 16.9 Å². The van der Waals surface area contributed by atoms with Crippen LogP contribution in [0.3, 0.4) is 0 Å². The first-order valence-electron chi connectivity index (χ1n) is 9.50. The number of methoxy groups -OCH3 is 1. The Labute approximate surface area is 168 Å². The Morgan fingerprint density at radius 2 is 1.79 bits per heavy atom. The molecule has 1 aliphatic heterocycles. The number of anilines is 1. The molecule has 0 spiro atoms. The number of nitrogens with one attached hydrogen (secondary N) is 1. The van der Waals surface area contributed by atoms with E-state index in [2.05, 4.69) is 26.1 Å². The third-order valence-electron chi connectivity index (χ3n) is 4.91. The number of carbonyl (C=O) groups excluding carboxylic acids is 1. The average molecular weight is 389 g/mol. The van der Waals surface area contributed by atoms with E-state index in [1.807, 2.05) is 39.8 Å². The maximum atomic E-state index is 12.1. The van der Waals surface area contributed by atoms with E-state index in [1.165, 1.54) is 0 Å². The first-order chi connectivity index (χ1) is 12.8. The molecule has 1 heterocycles. The molecule has 1 aromatic carbocycles. The Bertz CT molecular complexity index is 721. The Kier molecular flexibility index (Phi) is 6.51. The first-order valence-corrected chi connectivity index (χ1v) is 9.50. The van der Waals surface area contributed by atoms with Crippen LogP contribution < -0.4 is 15.5 Å². The van der Waals surface area contributed by atoms with Gasteiger partial charge in [-0.1, -0.05) is 32.9 Å². The number of benzene rings is 1. The summed E-state index contributed by atoms with van der Waals surface area (Å²) in [5, 5.41) is 2.73. The molecule has 0 aromatic heterocycles. The van der Waals surface area contributed by atoms with Gasteiger partial charge in [0.1, 0.15) is 12.4 Å². The van der Waals surface area contributed by atoms with Crippen LogP contribution in [-0.4, -0.2) is 38.1 Å². The van der Waals surface area contributed by atoms with Gasteiger partial charge in [0, 0.05) is 11.2 Å². The molecular formula is C21H32BNO5. The Balaban J connectivity index is 2.09. The molecule has 1 saturated heterocycles. The molecule has 154 valence electrons. The van der Waals surface area contributed by atoms with Gasteiger partial charge in [0.2, 0.25) is 0 Å². The van der Waals surface area contributed by atoms with Crippen molar-refractivity contribution < 1.29 is 23.6 Å². The van der Waals surface area contributed by atoms with Crippen molar-refractivity contribution in [3.05, 3.63) is 30.4 Å². The monoisotopic (exact) mass is 389 g/mol. The maximum Gasteiger partial charge on any atom is 0.498 e. The number of ether oxygens (including phenoxy) is 2. The molecular weight excluding hydrogens is 357 g/mol. The molecule has 0 saturated carbocycles. The van der Waals surface area contributed by atoms with Crippen LogP contribution in [0.15, 0.2) is 30.4 Å². The van der Waals surface area contributed by atoms with Gasteiger partial charge in [-0.25, -0.2) is 4.79 Å². The van der Waals surface area contributed by atoms with Crippen LogP contribution in [0, 0.1) is 5.41 Å². The zero-order chi connectivity index (χ0) is 21.2. The Hall–Kier alpha value is -1.99. The number of amides is 1. The van der Waals surface area contributed by atoms with Gasteiger partial charge in [0.25, 0.3) is 0 Å². The molecule has 0 atom stereocenters. The van der Waals surface area contributed by atoms with Crippen molar-refractivity contribution in [3.8, 4) is 5.75 Å². The molecule has 0 radical (unpaired) electrons. The molecule has 0 unspecified atom stereocenters. The summed E-state index contributed by atoms with van der Waals surface area (Å²) in [6.45, 7) is 14.4. The number of rotatable bonds is 5. The van der Waals surface area contributed by atoms with Gasteiger partial charge in [-0.3, -0.25) is 5.32 Å². The number of carbonyl (C=O) groups is 1. The summed E-state index contributed by atoms with van der Waals surface area (Å²) in [5.74, 6) is 0.630. The van der Waals surface area contributed by atoms with E-state index >= 15 is 0 Å². The molecule has 7 heteroatoms. The van der Waals surface area contributed by atoms with Gasteiger partial charge in [-0.2, -0.15) is 0 Å². The predicted octanol–water partition coefficient (Wildman–Crippen LogP) is 4.15. The Morgan fingerprint density at radius 3 is 2.32 bits per heavy atom. The highest BCUT2D eigenvalue weighted by Crippen LogP contribution is 2.37. The zero-order valence-electron chi connectivity index (χ0n) is 18.2. The number of hydrogen-bond acceptors (Lipinski definition) is 5. The SMILES string of the molecule is COc1ccc(NC(=O)OCC=CC(C)(C)C)cc1B1OC(C)(C)C(C)(C)O1. The molecule has 2 rings (SSSR count). The van der Waals surface area contributed by atoms with Crippen LogP contribution in [0.5, 0.6) is 5.75 Å². The lowest BCUT2D eigenvalue weighted by atomic mass is 9.78. The van der Waals surface area contributed by atoms with Crippen LogP contribution in [0.2, 0.25) is 0 Å². The van der Waals surface area contributed by atoms with Crippen molar-refractivity contribution in [2.45, 2.75) is 59.7 Å². The number of hydrogen-bond donors (Lipinski definition) is 1. The van der Waals surface area contributed by atoms with Crippen molar-refractivity contribution in [1.82, 2.24) is 0 Å². The van der Waals surface area contributed by atoms with Gasteiger partial charge in [-0.05, 0) is 51.3 Å². The predicted molar refractivity (Wildman–Crippen MR) is 112 cm³/mol. The van der Waals surface area contributed by atoms with Gasteiger partial charge in [-0.15, -0.1) is 0 Å². The molecule has 0 aliphatic carbocycles. The highest BCUT2D eigenvalue weighted by molar-refractivity contribution is 6.63. The van der Waals surface area contributed by atoms with Crippen LogP contribution in [-0.2, 0) is 14.0 Å². The molecule has 28 heavy (non-hydrogen) atoms. The average Bonchev–Trinajstić information content (AvgIpc) is 2.78. The second-order valence-corrected chi connectivity index (χ2v) is 9.04. The van der Waals surface area contributed by atoms with E-state index in [0.717, 1.165) is 0 Å². The van der Waals surface area contributed by atoms with Crippen LogP contribution in [0.25, 0.3) is 0 Å². The minimum atomic E-state index is -0.590. The smallest absolute Gasteiger partial charge is 0.497 e. The fourth-order valence-corrected chi connectivity index (χ4v) is 2.65. The van der Waals surface area contributed by atoms with Crippen LogP contribution in [0.4, 0.5) is 10.5 Å². The van der Waals surface area contributed by atoms with Crippen LogP contribution in [0.1, 0.15) is 48.5 Å². The zero-order valence-corrected chi connectivity index (χ0v) is 18.2. The molecule has 0 bridgehead atoms. The summed E-state index contributed by atoms with van der Waals surface area (Å²) < 4.78 is 22.9. The summed E-state index contributed by atoms with van der Waals surface area (Å²) >= 11 is 0.